The Morgan fingerprint density at radius 2 is 1.95 bits per heavy atom. The molecule has 1 aliphatic rings. The van der Waals surface area contributed by atoms with Crippen molar-refractivity contribution in [3.8, 4) is 5.75 Å². The van der Waals surface area contributed by atoms with Gasteiger partial charge in [-0.25, -0.2) is 0 Å². The second-order valence-electron chi connectivity index (χ2n) is 6.07. The Morgan fingerprint density at radius 3 is 2.48 bits per heavy atom. The van der Waals surface area contributed by atoms with E-state index in [1.807, 2.05) is 29.2 Å². The fraction of sp³-hybridized carbons (Fsp3) is 0.588. The molecule has 2 unspecified atom stereocenters. The van der Waals surface area contributed by atoms with Gasteiger partial charge in [0.25, 0.3) is 0 Å². The minimum absolute atomic E-state index is 0.0256. The van der Waals surface area contributed by atoms with Gasteiger partial charge in [-0.15, -0.1) is 0 Å². The molecule has 1 N–H and O–H groups in total. The van der Waals surface area contributed by atoms with Crippen LogP contribution in [0.15, 0.2) is 24.3 Å². The number of amides is 1. The van der Waals surface area contributed by atoms with Crippen molar-refractivity contribution in [1.82, 2.24) is 10.2 Å². The Kier molecular flexibility index (Phi) is 5.23. The smallest absolute Gasteiger partial charge is 0.241 e. The van der Waals surface area contributed by atoms with Gasteiger partial charge in [-0.3, -0.25) is 10.1 Å². The highest BCUT2D eigenvalue weighted by atomic mass is 16.5. The highest BCUT2D eigenvalue weighted by Gasteiger charge is 2.38. The summed E-state index contributed by atoms with van der Waals surface area (Å²) >= 11 is 0. The van der Waals surface area contributed by atoms with Crippen LogP contribution in [-0.4, -0.2) is 30.5 Å². The average Bonchev–Trinajstić information content (AvgIpc) is 2.77. The van der Waals surface area contributed by atoms with Crippen LogP contribution in [0.5, 0.6) is 5.75 Å². The summed E-state index contributed by atoms with van der Waals surface area (Å²) in [6.45, 7) is 7.18. The van der Waals surface area contributed by atoms with Gasteiger partial charge in [-0.1, -0.05) is 39.3 Å². The Morgan fingerprint density at radius 1 is 1.29 bits per heavy atom. The molecular formula is C17H26N2O2. The van der Waals surface area contributed by atoms with E-state index in [1.54, 1.807) is 7.11 Å². The molecule has 116 valence electrons. The largest absolute Gasteiger partial charge is 0.497 e. The average molecular weight is 290 g/mol. The molecule has 0 aliphatic carbocycles. The molecule has 4 nitrogen and oxygen atoms in total. The number of nitrogens with one attached hydrogen (secondary N) is 1. The van der Waals surface area contributed by atoms with E-state index in [4.69, 9.17) is 4.74 Å². The molecule has 0 spiro atoms. The molecule has 1 fully saturated rings. The van der Waals surface area contributed by atoms with Gasteiger partial charge in [0.1, 0.15) is 11.9 Å². The minimum Gasteiger partial charge on any atom is -0.497 e. The molecule has 21 heavy (non-hydrogen) atoms. The Bertz CT molecular complexity index is 470. The molecule has 0 saturated carbocycles. The number of hydrogen-bond donors (Lipinski definition) is 1. The number of nitrogens with zero attached hydrogens (tertiary/aromatic N) is 1. The maximum absolute atomic E-state index is 12.6. The quantitative estimate of drug-likeness (QED) is 0.876. The molecule has 1 amide bonds. The van der Waals surface area contributed by atoms with Gasteiger partial charge in [0.05, 0.1) is 13.2 Å². The molecule has 2 atom stereocenters. The van der Waals surface area contributed by atoms with Crippen molar-refractivity contribution < 1.29 is 9.53 Å². The zero-order valence-electron chi connectivity index (χ0n) is 13.4. The van der Waals surface area contributed by atoms with Crippen molar-refractivity contribution in [3.05, 3.63) is 29.8 Å². The van der Waals surface area contributed by atoms with E-state index < -0.39 is 0 Å². The topological polar surface area (TPSA) is 41.6 Å². The summed E-state index contributed by atoms with van der Waals surface area (Å²) < 4.78 is 5.20. The van der Waals surface area contributed by atoms with Gasteiger partial charge in [-0.2, -0.15) is 0 Å². The van der Waals surface area contributed by atoms with E-state index in [9.17, 15) is 4.79 Å². The number of rotatable bonds is 6. The molecule has 1 saturated heterocycles. The lowest BCUT2D eigenvalue weighted by Gasteiger charge is -2.26. The van der Waals surface area contributed by atoms with Crippen LogP contribution >= 0.6 is 0 Å². The number of carbonyl (C=O) groups excluding carboxylic acids is 1. The minimum atomic E-state index is -0.0548. The first kappa shape index (κ1) is 15.8. The predicted molar refractivity (Wildman–Crippen MR) is 84.1 cm³/mol. The molecule has 4 heteroatoms. The molecule has 1 aromatic carbocycles. The summed E-state index contributed by atoms with van der Waals surface area (Å²) in [4.78, 5) is 14.6. The lowest BCUT2D eigenvalue weighted by Crippen LogP contribution is -2.34. The van der Waals surface area contributed by atoms with Crippen LogP contribution in [0.4, 0.5) is 0 Å². The van der Waals surface area contributed by atoms with Gasteiger partial charge in [0.2, 0.25) is 5.91 Å². The van der Waals surface area contributed by atoms with E-state index >= 15 is 0 Å². The SMILES string of the molecule is CCCC1NC(c2ccc(OC)cc2)N(CC(C)C)C1=O. The van der Waals surface area contributed by atoms with Crippen molar-refractivity contribution >= 4 is 5.91 Å². The summed E-state index contributed by atoms with van der Waals surface area (Å²) in [5, 5.41) is 3.49. The van der Waals surface area contributed by atoms with Crippen LogP contribution in [0.1, 0.15) is 45.3 Å². The van der Waals surface area contributed by atoms with E-state index in [2.05, 4.69) is 26.1 Å². The Labute approximate surface area is 127 Å². The highest BCUT2D eigenvalue weighted by molar-refractivity contribution is 5.84. The maximum atomic E-state index is 12.6. The lowest BCUT2D eigenvalue weighted by molar-refractivity contribution is -0.130. The summed E-state index contributed by atoms with van der Waals surface area (Å²) in [6.07, 6.45) is 1.87. The predicted octanol–water partition coefficient (Wildman–Crippen LogP) is 2.95. The third-order valence-corrected chi connectivity index (χ3v) is 3.82. The van der Waals surface area contributed by atoms with Crippen LogP contribution in [0.25, 0.3) is 0 Å². The van der Waals surface area contributed by atoms with E-state index in [1.165, 1.54) is 0 Å². The van der Waals surface area contributed by atoms with Gasteiger partial charge >= 0.3 is 0 Å². The molecule has 1 heterocycles. The van der Waals surface area contributed by atoms with Gasteiger partial charge < -0.3 is 9.64 Å². The fourth-order valence-electron chi connectivity index (χ4n) is 2.83. The molecule has 0 aromatic heterocycles. The second-order valence-corrected chi connectivity index (χ2v) is 6.07. The summed E-state index contributed by atoms with van der Waals surface area (Å²) in [6, 6.07) is 7.90. The summed E-state index contributed by atoms with van der Waals surface area (Å²) in [7, 11) is 1.66. The van der Waals surface area contributed by atoms with Gasteiger partial charge in [0.15, 0.2) is 0 Å². The fourth-order valence-corrected chi connectivity index (χ4v) is 2.83. The normalized spacial score (nSPS) is 22.1. The standard InChI is InChI=1S/C17H26N2O2/c1-5-6-15-17(20)19(11-12(2)3)16(18-15)13-7-9-14(21-4)10-8-13/h7-10,12,15-16,18H,5-6,11H2,1-4H3. The second kappa shape index (κ2) is 6.94. The third-order valence-electron chi connectivity index (χ3n) is 3.82. The number of methoxy groups -OCH3 is 1. The zero-order chi connectivity index (χ0) is 15.4. The first-order valence-corrected chi connectivity index (χ1v) is 7.77. The Balaban J connectivity index is 2.22. The van der Waals surface area contributed by atoms with Crippen LogP contribution < -0.4 is 10.1 Å². The number of ether oxygens (including phenoxy) is 1. The van der Waals surface area contributed by atoms with Crippen molar-refractivity contribution in [2.45, 2.75) is 45.8 Å². The number of carbonyl (C=O) groups is 1. The highest BCUT2D eigenvalue weighted by Crippen LogP contribution is 2.29. The van der Waals surface area contributed by atoms with Gasteiger partial charge in [0, 0.05) is 6.54 Å². The molecule has 0 radical (unpaired) electrons. The van der Waals surface area contributed by atoms with E-state index in [-0.39, 0.29) is 18.1 Å². The van der Waals surface area contributed by atoms with Crippen molar-refractivity contribution in [2.24, 2.45) is 5.92 Å². The zero-order valence-corrected chi connectivity index (χ0v) is 13.4. The van der Waals surface area contributed by atoms with Crippen molar-refractivity contribution in [2.75, 3.05) is 13.7 Å². The lowest BCUT2D eigenvalue weighted by atomic mass is 10.1. The van der Waals surface area contributed by atoms with Crippen LogP contribution in [-0.2, 0) is 4.79 Å². The molecule has 2 rings (SSSR count). The number of benzene rings is 1. The number of hydrogen-bond acceptors (Lipinski definition) is 3. The first-order valence-electron chi connectivity index (χ1n) is 7.77. The molecule has 0 bridgehead atoms. The van der Waals surface area contributed by atoms with E-state index in [0.717, 1.165) is 30.7 Å². The van der Waals surface area contributed by atoms with E-state index in [0.29, 0.717) is 5.92 Å². The van der Waals surface area contributed by atoms with Crippen LogP contribution in [0, 0.1) is 5.92 Å². The monoisotopic (exact) mass is 290 g/mol. The Hall–Kier alpha value is -1.55. The molecule has 1 aliphatic heterocycles. The van der Waals surface area contributed by atoms with Crippen LogP contribution in [0.3, 0.4) is 0 Å². The van der Waals surface area contributed by atoms with Crippen molar-refractivity contribution in [3.63, 3.8) is 0 Å². The maximum Gasteiger partial charge on any atom is 0.241 e. The first-order chi connectivity index (χ1) is 10.1. The van der Waals surface area contributed by atoms with Gasteiger partial charge in [-0.05, 0) is 30.0 Å². The van der Waals surface area contributed by atoms with Crippen molar-refractivity contribution in [1.29, 1.82) is 0 Å². The molecule has 1 aromatic rings. The molecular weight excluding hydrogens is 264 g/mol. The third kappa shape index (κ3) is 3.56. The van der Waals surface area contributed by atoms with Crippen LogP contribution in [0.2, 0.25) is 0 Å². The summed E-state index contributed by atoms with van der Waals surface area (Å²) in [5.41, 5.74) is 1.11. The summed E-state index contributed by atoms with van der Waals surface area (Å²) in [5.74, 6) is 1.52.